The van der Waals surface area contributed by atoms with Crippen LogP contribution < -0.4 is 10.6 Å². The number of benzene rings is 2. The highest BCUT2D eigenvalue weighted by molar-refractivity contribution is 7.89. The summed E-state index contributed by atoms with van der Waals surface area (Å²) in [4.78, 5) is 12.4. The van der Waals surface area contributed by atoms with E-state index in [1.54, 1.807) is 19.1 Å². The molecule has 1 amide bonds. The van der Waals surface area contributed by atoms with E-state index in [1.165, 1.54) is 22.5 Å². The summed E-state index contributed by atoms with van der Waals surface area (Å²) in [6, 6.07) is 9.36. The molecule has 2 aromatic carbocycles. The van der Waals surface area contributed by atoms with Crippen molar-refractivity contribution in [1.82, 2.24) is 9.62 Å². The second-order valence-corrected chi connectivity index (χ2v) is 9.25. The Hall–Kier alpha value is -2.36. The number of carbonyl (C=O) groups excluding carboxylic acids is 1. The van der Waals surface area contributed by atoms with Gasteiger partial charge in [0.15, 0.2) is 11.6 Å². The summed E-state index contributed by atoms with van der Waals surface area (Å²) >= 11 is 0. The highest BCUT2D eigenvalue weighted by Crippen LogP contribution is 2.23. The first-order valence-corrected chi connectivity index (χ1v) is 11.3. The molecule has 0 saturated carbocycles. The maximum atomic E-state index is 13.4. The number of hydrogen-bond donors (Lipinski definition) is 2. The lowest BCUT2D eigenvalue weighted by Gasteiger charge is -2.26. The molecule has 1 saturated heterocycles. The summed E-state index contributed by atoms with van der Waals surface area (Å²) in [6.07, 6.45) is 2.72. The predicted octanol–water partition coefficient (Wildman–Crippen LogP) is 3.43. The smallest absolute Gasteiger partial charge is 0.243 e. The van der Waals surface area contributed by atoms with E-state index in [1.807, 2.05) is 0 Å². The van der Waals surface area contributed by atoms with Crippen LogP contribution in [0.1, 0.15) is 37.8 Å². The van der Waals surface area contributed by atoms with Gasteiger partial charge in [-0.05, 0) is 55.7 Å². The standard InChI is InChI=1S/C21H25F2N3O3S/c1-15(16-8-9-19(22)20(23)12-16)24-14-21(27)25-17-6-5-7-18(13-17)30(28,29)26-10-3-2-4-11-26/h5-9,12-13,15,24H,2-4,10-11,14H2,1H3,(H,25,27). The molecule has 2 N–H and O–H groups in total. The third-order valence-electron chi connectivity index (χ3n) is 5.08. The van der Waals surface area contributed by atoms with Crippen LogP contribution in [0.3, 0.4) is 0 Å². The minimum absolute atomic E-state index is 0.0801. The van der Waals surface area contributed by atoms with Gasteiger partial charge in [0.25, 0.3) is 0 Å². The van der Waals surface area contributed by atoms with Gasteiger partial charge in [-0.15, -0.1) is 0 Å². The van der Waals surface area contributed by atoms with Crippen LogP contribution in [0.25, 0.3) is 0 Å². The molecule has 162 valence electrons. The average molecular weight is 438 g/mol. The first-order valence-electron chi connectivity index (χ1n) is 9.86. The Morgan fingerprint density at radius 2 is 1.80 bits per heavy atom. The van der Waals surface area contributed by atoms with E-state index in [-0.39, 0.29) is 23.4 Å². The molecule has 2 aromatic rings. The highest BCUT2D eigenvalue weighted by atomic mass is 32.2. The van der Waals surface area contributed by atoms with E-state index in [0.29, 0.717) is 24.3 Å². The van der Waals surface area contributed by atoms with Crippen LogP contribution >= 0.6 is 0 Å². The Morgan fingerprint density at radius 3 is 2.50 bits per heavy atom. The molecule has 6 nitrogen and oxygen atoms in total. The molecular weight excluding hydrogens is 412 g/mol. The number of halogens is 2. The van der Waals surface area contributed by atoms with Gasteiger partial charge in [0.05, 0.1) is 11.4 Å². The van der Waals surface area contributed by atoms with Crippen LogP contribution in [0, 0.1) is 11.6 Å². The van der Waals surface area contributed by atoms with Gasteiger partial charge >= 0.3 is 0 Å². The number of amides is 1. The minimum Gasteiger partial charge on any atom is -0.325 e. The Balaban J connectivity index is 1.60. The lowest BCUT2D eigenvalue weighted by Crippen LogP contribution is -2.35. The number of nitrogens with zero attached hydrogens (tertiary/aromatic N) is 1. The molecule has 30 heavy (non-hydrogen) atoms. The van der Waals surface area contributed by atoms with Crippen LogP contribution in [0.4, 0.5) is 14.5 Å². The van der Waals surface area contributed by atoms with Crippen LogP contribution in [0.5, 0.6) is 0 Å². The zero-order valence-electron chi connectivity index (χ0n) is 16.7. The molecule has 1 atom stereocenters. The molecule has 0 radical (unpaired) electrons. The van der Waals surface area contributed by atoms with Crippen molar-refractivity contribution in [1.29, 1.82) is 0 Å². The second-order valence-electron chi connectivity index (χ2n) is 7.32. The van der Waals surface area contributed by atoms with Crippen LogP contribution in [-0.2, 0) is 14.8 Å². The monoisotopic (exact) mass is 437 g/mol. The Bertz CT molecular complexity index is 1010. The molecule has 3 rings (SSSR count). The van der Waals surface area contributed by atoms with Gasteiger partial charge in [-0.2, -0.15) is 4.31 Å². The molecule has 1 aliphatic rings. The molecule has 9 heteroatoms. The van der Waals surface area contributed by atoms with Crippen molar-refractivity contribution in [2.45, 2.75) is 37.1 Å². The summed E-state index contributed by atoms with van der Waals surface area (Å²) in [5.41, 5.74) is 0.886. The largest absolute Gasteiger partial charge is 0.325 e. The third-order valence-corrected chi connectivity index (χ3v) is 6.98. The number of hydrogen-bond acceptors (Lipinski definition) is 4. The fourth-order valence-electron chi connectivity index (χ4n) is 3.34. The maximum absolute atomic E-state index is 13.4. The van der Waals surface area contributed by atoms with Crippen LogP contribution in [0.15, 0.2) is 47.4 Å². The zero-order chi connectivity index (χ0) is 21.7. The number of nitrogens with one attached hydrogen (secondary N) is 2. The van der Waals surface area contributed by atoms with Gasteiger partial charge in [-0.3, -0.25) is 4.79 Å². The van der Waals surface area contributed by atoms with Crippen molar-refractivity contribution in [3.8, 4) is 0 Å². The fraction of sp³-hybridized carbons (Fsp3) is 0.381. The maximum Gasteiger partial charge on any atom is 0.243 e. The van der Waals surface area contributed by atoms with E-state index in [4.69, 9.17) is 0 Å². The Kier molecular flexibility index (Phi) is 7.17. The molecular formula is C21H25F2N3O3S. The summed E-state index contributed by atoms with van der Waals surface area (Å²) in [5, 5.41) is 5.60. The third kappa shape index (κ3) is 5.41. The number of carbonyl (C=O) groups is 1. The number of rotatable bonds is 7. The summed E-state index contributed by atoms with van der Waals surface area (Å²) in [7, 11) is -3.59. The topological polar surface area (TPSA) is 78.5 Å². The van der Waals surface area contributed by atoms with Gasteiger partial charge in [0, 0.05) is 24.8 Å². The summed E-state index contributed by atoms with van der Waals surface area (Å²) in [6.45, 7) is 2.66. The normalized spacial score (nSPS) is 16.2. The van der Waals surface area contributed by atoms with Crippen LogP contribution in [-0.4, -0.2) is 38.3 Å². The number of sulfonamides is 1. The SMILES string of the molecule is CC(NCC(=O)Nc1cccc(S(=O)(=O)N2CCCCC2)c1)c1ccc(F)c(F)c1. The van der Waals surface area contributed by atoms with E-state index < -0.39 is 21.7 Å². The Labute approximate surface area is 175 Å². The van der Waals surface area contributed by atoms with Crippen LogP contribution in [0.2, 0.25) is 0 Å². The second kappa shape index (κ2) is 9.63. The number of piperidine rings is 1. The minimum atomic E-state index is -3.59. The van der Waals surface area contributed by atoms with Gasteiger partial charge < -0.3 is 10.6 Å². The van der Waals surface area contributed by atoms with Gasteiger partial charge in [0.1, 0.15) is 0 Å². The van der Waals surface area contributed by atoms with Crippen molar-refractivity contribution >= 4 is 21.6 Å². The van der Waals surface area contributed by atoms with Crippen molar-refractivity contribution in [2.75, 3.05) is 25.0 Å². The molecule has 1 heterocycles. The van der Waals surface area contributed by atoms with Crippen molar-refractivity contribution in [2.24, 2.45) is 0 Å². The quantitative estimate of drug-likeness (QED) is 0.696. The highest BCUT2D eigenvalue weighted by Gasteiger charge is 2.26. The van der Waals surface area contributed by atoms with Gasteiger partial charge in [-0.1, -0.05) is 18.6 Å². The van der Waals surface area contributed by atoms with Crippen molar-refractivity contribution in [3.63, 3.8) is 0 Å². The van der Waals surface area contributed by atoms with Gasteiger partial charge in [0.2, 0.25) is 15.9 Å². The van der Waals surface area contributed by atoms with E-state index in [9.17, 15) is 22.0 Å². The molecule has 0 aliphatic carbocycles. The fourth-order valence-corrected chi connectivity index (χ4v) is 4.90. The summed E-state index contributed by atoms with van der Waals surface area (Å²) < 4.78 is 53.5. The van der Waals surface area contributed by atoms with Crippen molar-refractivity contribution in [3.05, 3.63) is 59.7 Å². The molecule has 1 aliphatic heterocycles. The molecule has 1 unspecified atom stereocenters. The van der Waals surface area contributed by atoms with Crippen molar-refractivity contribution < 1.29 is 22.0 Å². The molecule has 0 spiro atoms. The Morgan fingerprint density at radius 1 is 1.07 bits per heavy atom. The van der Waals surface area contributed by atoms with Gasteiger partial charge in [-0.25, -0.2) is 17.2 Å². The average Bonchev–Trinajstić information content (AvgIpc) is 2.75. The lowest BCUT2D eigenvalue weighted by molar-refractivity contribution is -0.115. The first-order chi connectivity index (χ1) is 14.3. The lowest BCUT2D eigenvalue weighted by atomic mass is 10.1. The van der Waals surface area contributed by atoms with E-state index >= 15 is 0 Å². The predicted molar refractivity (Wildman–Crippen MR) is 110 cm³/mol. The van der Waals surface area contributed by atoms with E-state index in [2.05, 4.69) is 10.6 Å². The van der Waals surface area contributed by atoms with E-state index in [0.717, 1.165) is 31.4 Å². The number of anilines is 1. The summed E-state index contributed by atoms with van der Waals surface area (Å²) in [5.74, 6) is -2.25. The molecule has 0 bridgehead atoms. The molecule has 1 fully saturated rings. The molecule has 0 aromatic heterocycles. The first kappa shape index (κ1) is 22.3. The zero-order valence-corrected chi connectivity index (χ0v) is 17.5.